The topological polar surface area (TPSA) is 92.9 Å². The van der Waals surface area contributed by atoms with Crippen LogP contribution in [0.25, 0.3) is 0 Å². The zero-order valence-corrected chi connectivity index (χ0v) is 13.7. The summed E-state index contributed by atoms with van der Waals surface area (Å²) >= 11 is 0. The first-order chi connectivity index (χ1) is 11.7. The third-order valence-electron chi connectivity index (χ3n) is 3.90. The molecule has 24 heavy (non-hydrogen) atoms. The number of carbonyl (C=O) groups excluding carboxylic acids is 1. The van der Waals surface area contributed by atoms with Gasteiger partial charge in [0.15, 0.2) is 11.5 Å². The molecule has 0 spiro atoms. The summed E-state index contributed by atoms with van der Waals surface area (Å²) in [6, 6.07) is 5.03. The van der Waals surface area contributed by atoms with Gasteiger partial charge in [-0.3, -0.25) is 4.79 Å². The summed E-state index contributed by atoms with van der Waals surface area (Å²) in [5, 5.41) is 17.6. The van der Waals surface area contributed by atoms with Crippen LogP contribution in [0.3, 0.4) is 0 Å². The number of allylic oxidation sites excluding steroid dienone is 1. The Bertz CT molecular complexity index is 721. The summed E-state index contributed by atoms with van der Waals surface area (Å²) in [6.45, 7) is 2.58. The van der Waals surface area contributed by atoms with Gasteiger partial charge in [-0.05, 0) is 51.2 Å². The maximum atomic E-state index is 12.0. The minimum Gasteiger partial charge on any atom is -0.368 e. The molecule has 0 radical (unpaired) electrons. The van der Waals surface area contributed by atoms with Gasteiger partial charge >= 0.3 is 0 Å². The van der Waals surface area contributed by atoms with Crippen molar-refractivity contribution in [1.29, 1.82) is 0 Å². The first-order valence-electron chi connectivity index (χ1n) is 8.21. The van der Waals surface area contributed by atoms with E-state index >= 15 is 0 Å². The highest BCUT2D eigenvalue weighted by atomic mass is 16.5. The van der Waals surface area contributed by atoms with E-state index in [-0.39, 0.29) is 11.6 Å². The number of aryl methyl sites for hydroxylation is 1. The third-order valence-corrected chi connectivity index (χ3v) is 3.90. The second-order valence-electron chi connectivity index (χ2n) is 5.87. The van der Waals surface area contributed by atoms with Gasteiger partial charge < -0.3 is 15.2 Å². The van der Waals surface area contributed by atoms with E-state index < -0.39 is 0 Å². The van der Waals surface area contributed by atoms with Crippen molar-refractivity contribution >= 4 is 17.5 Å². The number of rotatable bonds is 6. The van der Waals surface area contributed by atoms with Gasteiger partial charge in [0.25, 0.3) is 5.91 Å². The van der Waals surface area contributed by atoms with Gasteiger partial charge in [0.1, 0.15) is 11.6 Å². The number of hydrogen-bond acceptors (Lipinski definition) is 6. The van der Waals surface area contributed by atoms with Crippen LogP contribution in [-0.4, -0.2) is 27.8 Å². The summed E-state index contributed by atoms with van der Waals surface area (Å²) in [5.74, 6) is 1.29. The average molecular weight is 327 g/mol. The molecule has 2 heterocycles. The number of nitrogens with zero attached hydrogens (tertiary/aromatic N) is 3. The third kappa shape index (κ3) is 4.41. The number of carbonyl (C=O) groups is 1. The maximum Gasteiger partial charge on any atom is 0.277 e. The van der Waals surface area contributed by atoms with Crippen LogP contribution in [0.15, 0.2) is 34.4 Å². The lowest BCUT2D eigenvalue weighted by molar-refractivity contribution is 0.102. The van der Waals surface area contributed by atoms with E-state index in [4.69, 9.17) is 4.52 Å². The van der Waals surface area contributed by atoms with E-state index in [9.17, 15) is 4.79 Å². The van der Waals surface area contributed by atoms with Crippen LogP contribution in [0.5, 0.6) is 0 Å². The highest BCUT2D eigenvalue weighted by molar-refractivity contribution is 6.02. The molecule has 1 aliphatic rings. The van der Waals surface area contributed by atoms with Gasteiger partial charge in [0, 0.05) is 12.6 Å². The maximum absolute atomic E-state index is 12.0. The smallest absolute Gasteiger partial charge is 0.277 e. The Morgan fingerprint density at radius 2 is 2.17 bits per heavy atom. The van der Waals surface area contributed by atoms with Crippen molar-refractivity contribution < 1.29 is 9.32 Å². The SMILES string of the molecule is Cc1cc(NC(=O)c2ccc(NCCC3=CCCCC3)nn2)no1. The Balaban J connectivity index is 1.49. The van der Waals surface area contributed by atoms with E-state index in [2.05, 4.69) is 32.1 Å². The summed E-state index contributed by atoms with van der Waals surface area (Å²) < 4.78 is 4.90. The summed E-state index contributed by atoms with van der Waals surface area (Å²) in [4.78, 5) is 12.0. The first-order valence-corrected chi connectivity index (χ1v) is 8.21. The zero-order valence-electron chi connectivity index (χ0n) is 13.7. The second kappa shape index (κ2) is 7.72. The predicted molar refractivity (Wildman–Crippen MR) is 90.9 cm³/mol. The average Bonchev–Trinajstić information content (AvgIpc) is 3.01. The molecule has 1 aliphatic carbocycles. The van der Waals surface area contributed by atoms with Crippen LogP contribution >= 0.6 is 0 Å². The normalized spacial score (nSPS) is 14.1. The Morgan fingerprint density at radius 1 is 1.25 bits per heavy atom. The van der Waals surface area contributed by atoms with Crippen LogP contribution in [0, 0.1) is 6.92 Å². The Labute approximate surface area is 140 Å². The molecular formula is C17H21N5O2. The molecule has 7 nitrogen and oxygen atoms in total. The summed E-state index contributed by atoms with van der Waals surface area (Å²) in [7, 11) is 0. The van der Waals surface area contributed by atoms with Crippen molar-refractivity contribution in [2.75, 3.05) is 17.2 Å². The van der Waals surface area contributed by atoms with E-state index in [0.717, 1.165) is 13.0 Å². The van der Waals surface area contributed by atoms with Crippen LogP contribution in [0.2, 0.25) is 0 Å². The molecule has 2 N–H and O–H groups in total. The molecule has 0 fully saturated rings. The predicted octanol–water partition coefficient (Wildman–Crippen LogP) is 3.33. The van der Waals surface area contributed by atoms with Gasteiger partial charge in [-0.1, -0.05) is 16.8 Å². The summed E-state index contributed by atoms with van der Waals surface area (Å²) in [5.41, 5.74) is 1.75. The molecular weight excluding hydrogens is 306 g/mol. The highest BCUT2D eigenvalue weighted by Gasteiger charge is 2.11. The minimum atomic E-state index is -0.366. The molecule has 0 saturated carbocycles. The molecule has 3 rings (SSSR count). The second-order valence-corrected chi connectivity index (χ2v) is 5.87. The molecule has 0 atom stereocenters. The van der Waals surface area contributed by atoms with Gasteiger partial charge in [0.2, 0.25) is 0 Å². The van der Waals surface area contributed by atoms with Crippen molar-refractivity contribution in [3.8, 4) is 0 Å². The Kier molecular flexibility index (Phi) is 5.20. The van der Waals surface area contributed by atoms with Gasteiger partial charge in [-0.2, -0.15) is 0 Å². The standard InChI is InChI=1S/C17H21N5O2/c1-12-11-16(22-24-12)19-17(23)14-7-8-15(21-20-14)18-10-9-13-5-3-2-4-6-13/h5,7-8,11H,2-4,6,9-10H2,1H3,(H,18,21)(H,19,22,23). The highest BCUT2D eigenvalue weighted by Crippen LogP contribution is 2.19. The minimum absolute atomic E-state index is 0.233. The molecule has 2 aromatic heterocycles. The van der Waals surface area contributed by atoms with E-state index in [1.165, 1.54) is 31.3 Å². The molecule has 0 bridgehead atoms. The van der Waals surface area contributed by atoms with Crippen molar-refractivity contribution in [1.82, 2.24) is 15.4 Å². The van der Waals surface area contributed by atoms with Gasteiger partial charge in [0.05, 0.1) is 0 Å². The lowest BCUT2D eigenvalue weighted by Crippen LogP contribution is -2.15. The van der Waals surface area contributed by atoms with Crippen molar-refractivity contribution in [3.63, 3.8) is 0 Å². The summed E-state index contributed by atoms with van der Waals surface area (Å²) in [6.07, 6.45) is 8.36. The van der Waals surface area contributed by atoms with E-state index in [1.807, 2.05) is 0 Å². The number of nitrogens with one attached hydrogen (secondary N) is 2. The van der Waals surface area contributed by atoms with Crippen LogP contribution in [0.4, 0.5) is 11.6 Å². The molecule has 7 heteroatoms. The number of hydrogen-bond donors (Lipinski definition) is 2. The van der Waals surface area contributed by atoms with Crippen LogP contribution in [-0.2, 0) is 0 Å². The fourth-order valence-electron chi connectivity index (χ4n) is 2.64. The Morgan fingerprint density at radius 3 is 2.83 bits per heavy atom. The lowest BCUT2D eigenvalue weighted by atomic mass is 9.97. The van der Waals surface area contributed by atoms with Crippen molar-refractivity contribution in [2.45, 2.75) is 39.0 Å². The molecule has 0 aromatic carbocycles. The number of amides is 1. The van der Waals surface area contributed by atoms with E-state index in [1.54, 1.807) is 25.1 Å². The Hall–Kier alpha value is -2.70. The van der Waals surface area contributed by atoms with Gasteiger partial charge in [-0.25, -0.2) is 0 Å². The quantitative estimate of drug-likeness (QED) is 0.791. The number of aromatic nitrogens is 3. The molecule has 0 saturated heterocycles. The fourth-order valence-corrected chi connectivity index (χ4v) is 2.64. The molecule has 0 unspecified atom stereocenters. The first kappa shape index (κ1) is 16.2. The lowest BCUT2D eigenvalue weighted by Gasteiger charge is -2.13. The van der Waals surface area contributed by atoms with E-state index in [0.29, 0.717) is 17.4 Å². The largest absolute Gasteiger partial charge is 0.368 e. The molecule has 2 aromatic rings. The fraction of sp³-hybridized carbons (Fsp3) is 0.412. The molecule has 1 amide bonds. The molecule has 0 aliphatic heterocycles. The monoisotopic (exact) mass is 327 g/mol. The van der Waals surface area contributed by atoms with Crippen LogP contribution in [0.1, 0.15) is 48.4 Å². The van der Waals surface area contributed by atoms with Crippen molar-refractivity contribution in [3.05, 3.63) is 41.3 Å². The number of anilines is 2. The molecule has 126 valence electrons. The van der Waals surface area contributed by atoms with Crippen molar-refractivity contribution in [2.24, 2.45) is 0 Å². The van der Waals surface area contributed by atoms with Gasteiger partial charge in [-0.15, -0.1) is 10.2 Å². The van der Waals surface area contributed by atoms with Crippen LogP contribution < -0.4 is 10.6 Å². The zero-order chi connectivity index (χ0) is 16.8.